The first-order valence-corrected chi connectivity index (χ1v) is 9.77. The fourth-order valence-corrected chi connectivity index (χ4v) is 5.32. The minimum atomic E-state index is -4.46. The first-order valence-electron chi connectivity index (χ1n) is 7.02. The van der Waals surface area contributed by atoms with Crippen LogP contribution in [0.5, 0.6) is 0 Å². The second kappa shape index (κ2) is 7.71. The highest BCUT2D eigenvalue weighted by atomic mass is 32.2. The van der Waals surface area contributed by atoms with E-state index in [9.17, 15) is 13.0 Å². The molecular formula is C19H18O3PS-. The zero-order valence-electron chi connectivity index (χ0n) is 12.2. The maximum Gasteiger partial charge on any atom is 0.124 e. The van der Waals surface area contributed by atoms with Crippen molar-refractivity contribution in [3.63, 3.8) is 0 Å². The first-order chi connectivity index (χ1) is 11.1. The minimum absolute atomic E-state index is 0. The van der Waals surface area contributed by atoms with Gasteiger partial charge in [-0.3, -0.25) is 0 Å². The van der Waals surface area contributed by atoms with E-state index < -0.39 is 18.0 Å². The Balaban J connectivity index is 0.00000208. The monoisotopic (exact) mass is 357 g/mol. The summed E-state index contributed by atoms with van der Waals surface area (Å²) in [7, 11) is -5.38. The lowest BCUT2D eigenvalue weighted by Gasteiger charge is -2.20. The number of hydrogen-bond donors (Lipinski definition) is 0. The molecule has 0 fully saturated rings. The molecule has 0 amide bonds. The lowest BCUT2D eigenvalue weighted by Crippen LogP contribution is -2.21. The third kappa shape index (κ3) is 4.09. The van der Waals surface area contributed by atoms with E-state index in [1.165, 1.54) is 12.1 Å². The number of benzene rings is 3. The molecule has 0 N–H and O–H groups in total. The molecule has 3 rings (SSSR count). The molecule has 0 saturated carbocycles. The van der Waals surface area contributed by atoms with Gasteiger partial charge in [0.1, 0.15) is 10.1 Å². The Kier molecular flexibility index (Phi) is 5.89. The van der Waals surface area contributed by atoms with Gasteiger partial charge in [0, 0.05) is 0 Å². The van der Waals surface area contributed by atoms with Gasteiger partial charge in [0.2, 0.25) is 0 Å². The molecule has 3 aromatic carbocycles. The van der Waals surface area contributed by atoms with Crippen molar-refractivity contribution in [3.05, 3.63) is 84.9 Å². The van der Waals surface area contributed by atoms with Crippen LogP contribution in [0.4, 0.5) is 0 Å². The molecule has 124 valence electrons. The topological polar surface area (TPSA) is 57.2 Å². The zero-order chi connectivity index (χ0) is 16.3. The van der Waals surface area contributed by atoms with Crippen molar-refractivity contribution in [2.75, 3.05) is 0 Å². The van der Waals surface area contributed by atoms with Crippen LogP contribution in [0, 0.1) is 0 Å². The summed E-state index contributed by atoms with van der Waals surface area (Å²) in [6.07, 6.45) is 0. The molecule has 3 nitrogen and oxygen atoms in total. The smallest absolute Gasteiger partial charge is 0.124 e. The molecule has 0 aliphatic heterocycles. The molecular weight excluding hydrogens is 339 g/mol. The molecule has 24 heavy (non-hydrogen) atoms. The molecule has 0 unspecified atom stereocenters. The minimum Gasteiger partial charge on any atom is -0.744 e. The van der Waals surface area contributed by atoms with Crippen molar-refractivity contribution < 1.29 is 13.0 Å². The van der Waals surface area contributed by atoms with E-state index in [4.69, 9.17) is 0 Å². The lowest BCUT2D eigenvalue weighted by atomic mass is 10.3. The molecule has 0 saturated heterocycles. The molecule has 0 bridgehead atoms. The fourth-order valence-electron chi connectivity index (χ4n) is 2.38. The summed E-state index contributed by atoms with van der Waals surface area (Å²) in [5, 5.41) is 3.05. The third-order valence-electron chi connectivity index (χ3n) is 3.39. The van der Waals surface area contributed by atoms with Crippen LogP contribution in [-0.2, 0) is 10.1 Å². The highest BCUT2D eigenvalue weighted by Gasteiger charge is 2.17. The van der Waals surface area contributed by atoms with Gasteiger partial charge in [0.05, 0.1) is 4.90 Å². The van der Waals surface area contributed by atoms with Crippen molar-refractivity contribution in [2.24, 2.45) is 0 Å². The summed E-state index contributed by atoms with van der Waals surface area (Å²) >= 11 is 0. The molecule has 3 aromatic rings. The normalized spacial score (nSPS) is 11.1. The van der Waals surface area contributed by atoms with E-state index in [0.717, 1.165) is 15.9 Å². The molecule has 0 spiro atoms. The van der Waals surface area contributed by atoms with Gasteiger partial charge in [-0.2, -0.15) is 0 Å². The number of rotatable bonds is 4. The van der Waals surface area contributed by atoms with Crippen LogP contribution in [0.2, 0.25) is 0 Å². The predicted octanol–water partition coefficient (Wildman–Crippen LogP) is 2.99. The average molecular weight is 357 g/mol. The maximum atomic E-state index is 11.3. The summed E-state index contributed by atoms with van der Waals surface area (Å²) < 4.78 is 34.0. The van der Waals surface area contributed by atoms with E-state index in [-0.39, 0.29) is 12.3 Å². The molecule has 0 heterocycles. The summed E-state index contributed by atoms with van der Waals surface area (Å²) in [4.78, 5) is -0.186. The largest absolute Gasteiger partial charge is 0.744 e. The summed E-state index contributed by atoms with van der Waals surface area (Å²) in [6, 6.07) is 26.2. The van der Waals surface area contributed by atoms with Gasteiger partial charge in [-0.15, -0.1) is 0 Å². The quantitative estimate of drug-likeness (QED) is 0.533. The summed E-state index contributed by atoms with van der Waals surface area (Å²) in [5.41, 5.74) is 0. The Labute approximate surface area is 144 Å². The first kappa shape index (κ1) is 18.3. The van der Waals surface area contributed by atoms with Crippen LogP contribution < -0.4 is 15.9 Å². The Morgan fingerprint density at radius 2 is 1.12 bits per heavy atom. The van der Waals surface area contributed by atoms with Gasteiger partial charge in [-0.25, -0.2) is 8.42 Å². The van der Waals surface area contributed by atoms with E-state index in [0.29, 0.717) is 0 Å². The van der Waals surface area contributed by atoms with E-state index in [2.05, 4.69) is 0 Å². The summed E-state index contributed by atoms with van der Waals surface area (Å²) in [6.45, 7) is 0. The Hall–Kier alpha value is -2.00. The van der Waals surface area contributed by atoms with Gasteiger partial charge >= 0.3 is 0 Å². The predicted molar refractivity (Wildman–Crippen MR) is 99.8 cm³/mol. The van der Waals surface area contributed by atoms with Crippen LogP contribution in [0.3, 0.4) is 0 Å². The van der Waals surface area contributed by atoms with Crippen LogP contribution in [-0.4, -0.2) is 13.0 Å². The Bertz CT molecular complexity index is 855. The van der Waals surface area contributed by atoms with Gasteiger partial charge < -0.3 is 4.55 Å². The molecule has 0 aromatic heterocycles. The molecule has 0 atom stereocenters. The van der Waals surface area contributed by atoms with Gasteiger partial charge in [0.25, 0.3) is 0 Å². The van der Waals surface area contributed by atoms with Crippen molar-refractivity contribution in [3.8, 4) is 0 Å². The van der Waals surface area contributed by atoms with Crippen molar-refractivity contribution >= 4 is 34.0 Å². The second-order valence-corrected chi connectivity index (χ2v) is 8.56. The molecule has 0 aliphatic rings. The van der Waals surface area contributed by atoms with Crippen molar-refractivity contribution in [1.29, 1.82) is 0 Å². The number of hydrogen-bond acceptors (Lipinski definition) is 3. The van der Waals surface area contributed by atoms with E-state index in [1.807, 2.05) is 66.7 Å². The standard InChI is InChI=1S/C18H15O3PS.CH4/c19-23(20,21)18-13-7-12-17(14-18)22(15-8-3-1-4-9-15)16-10-5-2-6-11-16;/h1-14H,(H,19,20,21);1H4/p-1. The van der Waals surface area contributed by atoms with Gasteiger partial charge in [-0.1, -0.05) is 80.2 Å². The lowest BCUT2D eigenvalue weighted by molar-refractivity contribution is 0.463. The average Bonchev–Trinajstić information content (AvgIpc) is 2.57. The zero-order valence-corrected chi connectivity index (χ0v) is 13.9. The highest BCUT2D eigenvalue weighted by molar-refractivity contribution is 7.86. The fraction of sp³-hybridized carbons (Fsp3) is 0.0526. The Morgan fingerprint density at radius 3 is 1.58 bits per heavy atom. The van der Waals surface area contributed by atoms with E-state index in [1.54, 1.807) is 6.07 Å². The van der Waals surface area contributed by atoms with Crippen LogP contribution in [0.15, 0.2) is 89.8 Å². The highest BCUT2D eigenvalue weighted by Crippen LogP contribution is 2.33. The van der Waals surface area contributed by atoms with E-state index >= 15 is 0 Å². The van der Waals surface area contributed by atoms with Crippen LogP contribution >= 0.6 is 7.92 Å². The van der Waals surface area contributed by atoms with Crippen molar-refractivity contribution in [1.82, 2.24) is 0 Å². The molecule has 0 radical (unpaired) electrons. The third-order valence-corrected chi connectivity index (χ3v) is 6.65. The van der Waals surface area contributed by atoms with Gasteiger partial charge in [-0.05, 0) is 36.0 Å². The SMILES string of the molecule is C.O=S(=O)([O-])c1cccc(P(c2ccccc2)c2ccccc2)c1. The van der Waals surface area contributed by atoms with Crippen LogP contribution in [0.25, 0.3) is 0 Å². The Morgan fingerprint density at radius 1 is 0.667 bits per heavy atom. The molecule has 0 aliphatic carbocycles. The summed E-state index contributed by atoms with van der Waals surface area (Å²) in [5.74, 6) is 0. The van der Waals surface area contributed by atoms with Crippen LogP contribution in [0.1, 0.15) is 7.43 Å². The van der Waals surface area contributed by atoms with Gasteiger partial charge in [0.15, 0.2) is 0 Å². The maximum absolute atomic E-state index is 11.3. The van der Waals surface area contributed by atoms with Crippen molar-refractivity contribution in [2.45, 2.75) is 12.3 Å². The molecule has 5 heteroatoms. The second-order valence-electron chi connectivity index (χ2n) is 4.96.